The highest BCUT2D eigenvalue weighted by atomic mass is 16.7. The highest BCUT2D eigenvalue weighted by Gasteiger charge is 2.27. The standard InChI is InChI=1S/C26H36N2O5/c1-5-31-24(32-6-2)19-28(18-21-10-8-7-9-11-21)23(29)17-14-20-12-15-22(16-13-20)33-26(3,4)25(27)30/h7-13,15-16,24H,5-6,14,17-19H2,1-4H3,(H2,27,30). The number of carbonyl (C=O) groups is 2. The van der Waals surface area contributed by atoms with Crippen LogP contribution in [0.2, 0.25) is 0 Å². The summed E-state index contributed by atoms with van der Waals surface area (Å²) in [6, 6.07) is 17.2. The van der Waals surface area contributed by atoms with Crippen molar-refractivity contribution in [2.45, 2.75) is 59.0 Å². The predicted octanol–water partition coefficient (Wildman–Crippen LogP) is 3.69. The molecular formula is C26H36N2O5. The Labute approximate surface area is 196 Å². The van der Waals surface area contributed by atoms with E-state index in [-0.39, 0.29) is 5.91 Å². The first kappa shape index (κ1) is 26.4. The van der Waals surface area contributed by atoms with Gasteiger partial charge in [-0.2, -0.15) is 0 Å². The SMILES string of the molecule is CCOC(CN(Cc1ccccc1)C(=O)CCc1ccc(OC(C)(C)C(N)=O)cc1)OCC. The van der Waals surface area contributed by atoms with E-state index in [4.69, 9.17) is 19.9 Å². The molecule has 2 amide bonds. The van der Waals surface area contributed by atoms with Crippen LogP contribution in [-0.2, 0) is 32.0 Å². The Hall–Kier alpha value is -2.90. The van der Waals surface area contributed by atoms with Crippen LogP contribution in [0.15, 0.2) is 54.6 Å². The fourth-order valence-corrected chi connectivity index (χ4v) is 3.24. The zero-order valence-corrected chi connectivity index (χ0v) is 20.1. The lowest BCUT2D eigenvalue weighted by Gasteiger charge is -2.28. The first-order valence-corrected chi connectivity index (χ1v) is 11.4. The van der Waals surface area contributed by atoms with Crippen LogP contribution in [-0.4, -0.2) is 48.4 Å². The van der Waals surface area contributed by atoms with E-state index in [1.54, 1.807) is 30.9 Å². The van der Waals surface area contributed by atoms with Crippen molar-refractivity contribution >= 4 is 11.8 Å². The number of aryl methyl sites for hydroxylation is 1. The van der Waals surface area contributed by atoms with Gasteiger partial charge in [-0.05, 0) is 57.4 Å². The number of benzene rings is 2. The first-order chi connectivity index (χ1) is 15.7. The van der Waals surface area contributed by atoms with Crippen molar-refractivity contribution in [3.05, 3.63) is 65.7 Å². The number of nitrogens with two attached hydrogens (primary N) is 1. The Morgan fingerprint density at radius 2 is 1.55 bits per heavy atom. The smallest absolute Gasteiger partial charge is 0.261 e. The largest absolute Gasteiger partial charge is 0.478 e. The number of hydrogen-bond acceptors (Lipinski definition) is 5. The monoisotopic (exact) mass is 456 g/mol. The van der Waals surface area contributed by atoms with Gasteiger partial charge in [-0.1, -0.05) is 42.5 Å². The quantitative estimate of drug-likeness (QED) is 0.438. The van der Waals surface area contributed by atoms with Crippen molar-refractivity contribution in [2.24, 2.45) is 5.73 Å². The van der Waals surface area contributed by atoms with Gasteiger partial charge in [-0.15, -0.1) is 0 Å². The third kappa shape index (κ3) is 8.86. The van der Waals surface area contributed by atoms with Crippen LogP contribution >= 0.6 is 0 Å². The molecule has 0 radical (unpaired) electrons. The number of primary amides is 1. The van der Waals surface area contributed by atoms with Gasteiger partial charge in [0.1, 0.15) is 5.75 Å². The van der Waals surface area contributed by atoms with Gasteiger partial charge in [-0.25, -0.2) is 0 Å². The minimum atomic E-state index is -1.09. The van der Waals surface area contributed by atoms with E-state index in [1.807, 2.05) is 56.3 Å². The normalized spacial score (nSPS) is 11.4. The molecule has 2 rings (SSSR count). The van der Waals surface area contributed by atoms with Gasteiger partial charge in [0.05, 0.1) is 6.54 Å². The third-order valence-electron chi connectivity index (χ3n) is 5.16. The van der Waals surface area contributed by atoms with E-state index < -0.39 is 17.8 Å². The molecule has 2 aromatic carbocycles. The summed E-state index contributed by atoms with van der Waals surface area (Å²) < 4.78 is 17.0. The molecule has 2 aromatic rings. The number of carbonyl (C=O) groups excluding carboxylic acids is 2. The van der Waals surface area contributed by atoms with E-state index in [0.717, 1.165) is 11.1 Å². The topological polar surface area (TPSA) is 91.1 Å². The number of rotatable bonds is 14. The second-order valence-electron chi connectivity index (χ2n) is 8.22. The number of ether oxygens (including phenoxy) is 3. The van der Waals surface area contributed by atoms with Crippen molar-refractivity contribution in [1.82, 2.24) is 4.90 Å². The van der Waals surface area contributed by atoms with E-state index in [9.17, 15) is 9.59 Å². The molecule has 7 nitrogen and oxygen atoms in total. The van der Waals surface area contributed by atoms with Gasteiger partial charge in [0.2, 0.25) is 5.91 Å². The van der Waals surface area contributed by atoms with Crippen LogP contribution in [0.3, 0.4) is 0 Å². The minimum absolute atomic E-state index is 0.0263. The van der Waals surface area contributed by atoms with Gasteiger partial charge >= 0.3 is 0 Å². The van der Waals surface area contributed by atoms with Crippen molar-refractivity contribution in [3.8, 4) is 5.75 Å². The highest BCUT2D eigenvalue weighted by Crippen LogP contribution is 2.20. The lowest BCUT2D eigenvalue weighted by Crippen LogP contribution is -2.43. The Morgan fingerprint density at radius 3 is 2.09 bits per heavy atom. The molecule has 0 heterocycles. The van der Waals surface area contributed by atoms with E-state index in [0.29, 0.717) is 44.9 Å². The summed E-state index contributed by atoms with van der Waals surface area (Å²) in [5, 5.41) is 0. The Bertz CT molecular complexity index is 862. The van der Waals surface area contributed by atoms with Gasteiger partial charge in [0.15, 0.2) is 11.9 Å². The van der Waals surface area contributed by atoms with Gasteiger partial charge in [-0.3, -0.25) is 9.59 Å². The summed E-state index contributed by atoms with van der Waals surface area (Å²) >= 11 is 0. The Balaban J connectivity index is 2.03. The van der Waals surface area contributed by atoms with E-state index in [1.165, 1.54) is 0 Å². The zero-order valence-electron chi connectivity index (χ0n) is 20.1. The first-order valence-electron chi connectivity index (χ1n) is 11.4. The average Bonchev–Trinajstić information content (AvgIpc) is 2.78. The van der Waals surface area contributed by atoms with Crippen LogP contribution in [0, 0.1) is 0 Å². The van der Waals surface area contributed by atoms with Crippen molar-refractivity contribution in [1.29, 1.82) is 0 Å². The molecule has 0 aliphatic carbocycles. The van der Waals surface area contributed by atoms with Gasteiger partial charge in [0, 0.05) is 26.2 Å². The third-order valence-corrected chi connectivity index (χ3v) is 5.16. The van der Waals surface area contributed by atoms with Crippen LogP contribution in [0.5, 0.6) is 5.75 Å². The van der Waals surface area contributed by atoms with E-state index >= 15 is 0 Å². The molecule has 0 saturated heterocycles. The van der Waals surface area contributed by atoms with Crippen molar-refractivity contribution in [3.63, 3.8) is 0 Å². The summed E-state index contributed by atoms with van der Waals surface area (Å²) in [6.07, 6.45) is 0.472. The minimum Gasteiger partial charge on any atom is -0.478 e. The van der Waals surface area contributed by atoms with Crippen molar-refractivity contribution < 1.29 is 23.8 Å². The van der Waals surface area contributed by atoms with Gasteiger partial charge in [0.25, 0.3) is 5.91 Å². The number of nitrogens with zero attached hydrogens (tertiary/aromatic N) is 1. The molecule has 0 saturated carbocycles. The molecule has 2 N–H and O–H groups in total. The molecule has 0 spiro atoms. The lowest BCUT2D eigenvalue weighted by molar-refractivity contribution is -0.159. The summed E-state index contributed by atoms with van der Waals surface area (Å²) in [5.41, 5.74) is 6.32. The second kappa shape index (κ2) is 13.0. The van der Waals surface area contributed by atoms with E-state index in [2.05, 4.69) is 0 Å². The lowest BCUT2D eigenvalue weighted by atomic mass is 10.1. The Kier molecular flexibility index (Phi) is 10.4. The predicted molar refractivity (Wildman–Crippen MR) is 128 cm³/mol. The molecule has 7 heteroatoms. The Morgan fingerprint density at radius 1 is 0.939 bits per heavy atom. The van der Waals surface area contributed by atoms with Gasteiger partial charge < -0.3 is 24.8 Å². The molecule has 0 aliphatic rings. The summed E-state index contributed by atoms with van der Waals surface area (Å²) in [7, 11) is 0. The maximum atomic E-state index is 13.1. The van der Waals surface area contributed by atoms with Crippen LogP contribution in [0.25, 0.3) is 0 Å². The molecule has 0 aromatic heterocycles. The molecule has 33 heavy (non-hydrogen) atoms. The maximum Gasteiger partial charge on any atom is 0.261 e. The molecule has 0 atom stereocenters. The number of hydrogen-bond donors (Lipinski definition) is 1. The molecule has 0 bridgehead atoms. The summed E-state index contributed by atoms with van der Waals surface area (Å²) in [5.74, 6) is 0.0439. The molecular weight excluding hydrogens is 420 g/mol. The molecule has 0 fully saturated rings. The molecule has 180 valence electrons. The maximum absolute atomic E-state index is 13.1. The fourth-order valence-electron chi connectivity index (χ4n) is 3.24. The van der Waals surface area contributed by atoms with Crippen LogP contribution in [0.1, 0.15) is 45.2 Å². The zero-order chi connectivity index (χ0) is 24.3. The molecule has 0 unspecified atom stereocenters. The summed E-state index contributed by atoms with van der Waals surface area (Å²) in [6.45, 7) is 8.95. The van der Waals surface area contributed by atoms with Crippen molar-refractivity contribution in [2.75, 3.05) is 19.8 Å². The molecule has 0 aliphatic heterocycles. The van der Waals surface area contributed by atoms with Crippen LogP contribution in [0.4, 0.5) is 0 Å². The van der Waals surface area contributed by atoms with Crippen LogP contribution < -0.4 is 10.5 Å². The summed E-state index contributed by atoms with van der Waals surface area (Å²) in [4.78, 5) is 26.4. The average molecular weight is 457 g/mol. The fraction of sp³-hybridized carbons (Fsp3) is 0.462. The highest BCUT2D eigenvalue weighted by molar-refractivity contribution is 5.82. The second-order valence-corrected chi connectivity index (χ2v) is 8.22. The number of amides is 2.